The first-order chi connectivity index (χ1) is 15.6. The standard InChI is InChI=1S/C26H36FN3O2/c1-3-4-10-24-22(17-26(29-28-24)32-25-15-16-30(2)18-23(25)27)19-11-13-21(14-12-19)31-20-8-6-5-7-9-20/h11-14,17,20,23,25H,3-10,15-16,18H2,1-2H3/t23-,25+/m0/s1. The lowest BCUT2D eigenvalue weighted by Gasteiger charge is -2.32. The summed E-state index contributed by atoms with van der Waals surface area (Å²) >= 11 is 0. The second-order valence-electron chi connectivity index (χ2n) is 9.27. The van der Waals surface area contributed by atoms with Crippen molar-refractivity contribution in [2.45, 2.75) is 83.1 Å². The molecule has 0 bridgehead atoms. The van der Waals surface area contributed by atoms with Crippen molar-refractivity contribution in [2.75, 3.05) is 20.1 Å². The highest BCUT2D eigenvalue weighted by Gasteiger charge is 2.30. The van der Waals surface area contributed by atoms with E-state index in [1.807, 2.05) is 30.1 Å². The second-order valence-corrected chi connectivity index (χ2v) is 9.27. The summed E-state index contributed by atoms with van der Waals surface area (Å²) in [4.78, 5) is 1.99. The molecule has 6 heteroatoms. The monoisotopic (exact) mass is 441 g/mol. The van der Waals surface area contributed by atoms with Crippen molar-refractivity contribution in [1.82, 2.24) is 15.1 Å². The highest BCUT2D eigenvalue weighted by atomic mass is 19.1. The van der Waals surface area contributed by atoms with Crippen LogP contribution < -0.4 is 9.47 Å². The van der Waals surface area contributed by atoms with E-state index < -0.39 is 12.3 Å². The normalized spacial score (nSPS) is 22.6. The van der Waals surface area contributed by atoms with Gasteiger partial charge in [-0.1, -0.05) is 31.9 Å². The molecule has 0 amide bonds. The predicted molar refractivity (Wildman–Crippen MR) is 125 cm³/mol. The lowest BCUT2D eigenvalue weighted by molar-refractivity contribution is 0.0281. The van der Waals surface area contributed by atoms with Crippen molar-refractivity contribution in [2.24, 2.45) is 0 Å². The maximum Gasteiger partial charge on any atom is 0.234 e. The number of benzene rings is 1. The molecule has 32 heavy (non-hydrogen) atoms. The van der Waals surface area contributed by atoms with Crippen molar-refractivity contribution in [3.63, 3.8) is 0 Å². The molecule has 4 rings (SSSR count). The molecule has 1 aromatic heterocycles. The summed E-state index contributed by atoms with van der Waals surface area (Å²) in [5.41, 5.74) is 3.03. The van der Waals surface area contributed by atoms with Gasteiger partial charge in [-0.3, -0.25) is 0 Å². The van der Waals surface area contributed by atoms with Gasteiger partial charge in [0, 0.05) is 24.7 Å². The predicted octanol–water partition coefficient (Wildman–Crippen LogP) is 5.62. The van der Waals surface area contributed by atoms with Gasteiger partial charge >= 0.3 is 0 Å². The minimum atomic E-state index is -1.02. The molecule has 1 saturated carbocycles. The Hall–Kier alpha value is -2.21. The molecule has 2 aromatic rings. The zero-order chi connectivity index (χ0) is 22.3. The van der Waals surface area contributed by atoms with Gasteiger partial charge in [0.2, 0.25) is 5.88 Å². The molecule has 1 aromatic carbocycles. The van der Waals surface area contributed by atoms with Gasteiger partial charge in [-0.2, -0.15) is 5.10 Å². The minimum Gasteiger partial charge on any atom is -0.490 e. The minimum absolute atomic E-state index is 0.334. The van der Waals surface area contributed by atoms with E-state index in [2.05, 4.69) is 29.3 Å². The fourth-order valence-corrected chi connectivity index (χ4v) is 4.65. The molecule has 174 valence electrons. The molecule has 0 radical (unpaired) electrons. The van der Waals surface area contributed by atoms with Crippen molar-refractivity contribution < 1.29 is 13.9 Å². The third kappa shape index (κ3) is 5.97. The summed E-state index contributed by atoms with van der Waals surface area (Å²) in [6.45, 7) is 3.38. The maximum absolute atomic E-state index is 14.5. The average Bonchev–Trinajstić information content (AvgIpc) is 2.81. The van der Waals surface area contributed by atoms with E-state index in [0.29, 0.717) is 24.9 Å². The quantitative estimate of drug-likeness (QED) is 0.532. The molecule has 0 spiro atoms. The van der Waals surface area contributed by atoms with Crippen molar-refractivity contribution >= 4 is 0 Å². The van der Waals surface area contributed by atoms with Crippen molar-refractivity contribution in [3.05, 3.63) is 36.0 Å². The van der Waals surface area contributed by atoms with Gasteiger partial charge in [0.1, 0.15) is 18.0 Å². The molecular weight excluding hydrogens is 405 g/mol. The molecule has 1 aliphatic carbocycles. The molecule has 2 heterocycles. The van der Waals surface area contributed by atoms with E-state index in [9.17, 15) is 4.39 Å². The van der Waals surface area contributed by atoms with Crippen LogP contribution in [0.1, 0.15) is 64.0 Å². The number of hydrogen-bond donors (Lipinski definition) is 0. The zero-order valence-corrected chi connectivity index (χ0v) is 19.4. The first-order valence-corrected chi connectivity index (χ1v) is 12.3. The number of likely N-dealkylation sites (tertiary alicyclic amines) is 1. The molecule has 0 N–H and O–H groups in total. The molecule has 0 unspecified atom stereocenters. The Kier molecular flexibility index (Phi) is 7.95. The Morgan fingerprint density at radius 3 is 2.53 bits per heavy atom. The number of ether oxygens (including phenoxy) is 2. The topological polar surface area (TPSA) is 47.5 Å². The number of aryl methyl sites for hydroxylation is 1. The van der Waals surface area contributed by atoms with Crippen LogP contribution >= 0.6 is 0 Å². The van der Waals surface area contributed by atoms with E-state index >= 15 is 0 Å². The third-order valence-electron chi connectivity index (χ3n) is 6.59. The van der Waals surface area contributed by atoms with Crippen LogP contribution in [0, 0.1) is 0 Å². The van der Waals surface area contributed by atoms with Gasteiger partial charge in [-0.25, -0.2) is 4.39 Å². The summed E-state index contributed by atoms with van der Waals surface area (Å²) in [6, 6.07) is 10.2. The summed E-state index contributed by atoms with van der Waals surface area (Å²) in [7, 11) is 1.94. The van der Waals surface area contributed by atoms with Crippen LogP contribution in [-0.4, -0.2) is 53.6 Å². The first kappa shape index (κ1) is 23.0. The van der Waals surface area contributed by atoms with Gasteiger partial charge in [0.05, 0.1) is 11.8 Å². The van der Waals surface area contributed by atoms with Crippen LogP contribution in [0.2, 0.25) is 0 Å². The first-order valence-electron chi connectivity index (χ1n) is 12.3. The van der Waals surface area contributed by atoms with Crippen LogP contribution in [0.25, 0.3) is 11.1 Å². The molecule has 2 aliphatic rings. The van der Waals surface area contributed by atoms with E-state index in [4.69, 9.17) is 9.47 Å². The van der Waals surface area contributed by atoms with Crippen LogP contribution in [0.4, 0.5) is 4.39 Å². The van der Waals surface area contributed by atoms with Crippen molar-refractivity contribution in [3.8, 4) is 22.8 Å². The zero-order valence-electron chi connectivity index (χ0n) is 19.4. The molecule has 5 nitrogen and oxygen atoms in total. The Balaban J connectivity index is 1.51. The molecule has 1 aliphatic heterocycles. The summed E-state index contributed by atoms with van der Waals surface area (Å²) in [6.07, 6.45) is 8.61. The Morgan fingerprint density at radius 2 is 1.81 bits per heavy atom. The van der Waals surface area contributed by atoms with Gasteiger partial charge in [-0.05, 0) is 69.7 Å². The van der Waals surface area contributed by atoms with Crippen LogP contribution in [-0.2, 0) is 6.42 Å². The number of rotatable bonds is 8. The largest absolute Gasteiger partial charge is 0.490 e. The smallest absolute Gasteiger partial charge is 0.234 e. The summed E-state index contributed by atoms with van der Waals surface area (Å²) in [5.74, 6) is 1.32. The number of nitrogens with zero attached hydrogens (tertiary/aromatic N) is 3. The number of aromatic nitrogens is 2. The summed E-state index contributed by atoms with van der Waals surface area (Å²) < 4.78 is 26.6. The van der Waals surface area contributed by atoms with Crippen LogP contribution in [0.15, 0.2) is 30.3 Å². The maximum atomic E-state index is 14.5. The number of alkyl halides is 1. The fraction of sp³-hybridized carbons (Fsp3) is 0.615. The van der Waals surface area contributed by atoms with E-state index in [-0.39, 0.29) is 0 Å². The van der Waals surface area contributed by atoms with Gasteiger partial charge in [-0.15, -0.1) is 5.10 Å². The van der Waals surface area contributed by atoms with Crippen LogP contribution in [0.5, 0.6) is 11.6 Å². The lowest BCUT2D eigenvalue weighted by Crippen LogP contribution is -2.45. The van der Waals surface area contributed by atoms with Gasteiger partial charge in [0.15, 0.2) is 0 Å². The Morgan fingerprint density at radius 1 is 1.03 bits per heavy atom. The van der Waals surface area contributed by atoms with Crippen molar-refractivity contribution in [1.29, 1.82) is 0 Å². The number of hydrogen-bond acceptors (Lipinski definition) is 5. The summed E-state index contributed by atoms with van der Waals surface area (Å²) in [5, 5.41) is 8.76. The SMILES string of the molecule is CCCCc1nnc(O[C@@H]2CCN(C)C[C@@H]2F)cc1-c1ccc(OC2CCCCC2)cc1. The average molecular weight is 442 g/mol. The van der Waals surface area contributed by atoms with E-state index in [1.54, 1.807) is 0 Å². The highest BCUT2D eigenvalue weighted by Crippen LogP contribution is 2.30. The van der Waals surface area contributed by atoms with E-state index in [0.717, 1.165) is 61.2 Å². The number of halogens is 1. The number of piperidine rings is 1. The Labute approximate surface area is 191 Å². The lowest BCUT2D eigenvalue weighted by atomic mass is 9.97. The second kappa shape index (κ2) is 11.1. The Bertz CT molecular complexity index is 855. The molecule has 1 saturated heterocycles. The number of unbranched alkanes of at least 4 members (excludes halogenated alkanes) is 1. The molecule has 2 fully saturated rings. The molecule has 2 atom stereocenters. The van der Waals surface area contributed by atoms with Gasteiger partial charge in [0.25, 0.3) is 0 Å². The van der Waals surface area contributed by atoms with Gasteiger partial charge < -0.3 is 14.4 Å². The highest BCUT2D eigenvalue weighted by molar-refractivity contribution is 5.67. The third-order valence-corrected chi connectivity index (χ3v) is 6.59. The van der Waals surface area contributed by atoms with Crippen LogP contribution in [0.3, 0.4) is 0 Å². The van der Waals surface area contributed by atoms with E-state index in [1.165, 1.54) is 19.3 Å². The fourth-order valence-electron chi connectivity index (χ4n) is 4.65. The molecular formula is C26H36FN3O2.